The molecule has 1 aromatic carbocycles. The zero-order valence-corrected chi connectivity index (χ0v) is 13.5. The smallest absolute Gasteiger partial charge is 0.119 e. The van der Waals surface area contributed by atoms with Gasteiger partial charge >= 0.3 is 0 Å². The number of hydrogen-bond acceptors (Lipinski definition) is 2. The third-order valence-electron chi connectivity index (χ3n) is 3.60. The van der Waals surface area contributed by atoms with Crippen LogP contribution < -0.4 is 10.1 Å². The zero-order valence-electron chi connectivity index (χ0n) is 13.5. The highest BCUT2D eigenvalue weighted by molar-refractivity contribution is 5.28. The fourth-order valence-electron chi connectivity index (χ4n) is 2.36. The van der Waals surface area contributed by atoms with E-state index in [1.54, 1.807) is 0 Å². The van der Waals surface area contributed by atoms with Gasteiger partial charge in [-0.25, -0.2) is 0 Å². The summed E-state index contributed by atoms with van der Waals surface area (Å²) in [5.74, 6) is 0.971. The number of ether oxygens (including phenoxy) is 1. The van der Waals surface area contributed by atoms with Crippen LogP contribution in [0.25, 0.3) is 0 Å². The molecule has 0 radical (unpaired) electrons. The van der Waals surface area contributed by atoms with E-state index in [1.165, 1.54) is 44.1 Å². The van der Waals surface area contributed by atoms with Crippen molar-refractivity contribution in [1.29, 1.82) is 0 Å². The summed E-state index contributed by atoms with van der Waals surface area (Å²) in [5, 5.41) is 3.60. The summed E-state index contributed by atoms with van der Waals surface area (Å²) in [7, 11) is 0. The van der Waals surface area contributed by atoms with Crippen LogP contribution >= 0.6 is 0 Å². The van der Waals surface area contributed by atoms with Gasteiger partial charge in [-0.1, -0.05) is 51.2 Å². The Bertz CT molecular complexity index is 351. The Morgan fingerprint density at radius 2 is 1.90 bits per heavy atom. The third-order valence-corrected chi connectivity index (χ3v) is 3.60. The van der Waals surface area contributed by atoms with Crippen molar-refractivity contribution in [2.24, 2.45) is 0 Å². The van der Waals surface area contributed by atoms with E-state index in [0.29, 0.717) is 6.04 Å². The summed E-state index contributed by atoms with van der Waals surface area (Å²) < 4.78 is 5.53. The lowest BCUT2D eigenvalue weighted by Crippen LogP contribution is -2.25. The van der Waals surface area contributed by atoms with E-state index in [-0.39, 0.29) is 0 Å². The summed E-state index contributed by atoms with van der Waals surface area (Å²) in [4.78, 5) is 0. The summed E-state index contributed by atoms with van der Waals surface area (Å²) in [6.45, 7) is 8.22. The van der Waals surface area contributed by atoms with Crippen molar-refractivity contribution in [1.82, 2.24) is 5.32 Å². The van der Waals surface area contributed by atoms with E-state index in [1.807, 2.05) is 13.0 Å². The average molecular weight is 277 g/mol. The van der Waals surface area contributed by atoms with Gasteiger partial charge in [-0.3, -0.25) is 0 Å². The molecule has 20 heavy (non-hydrogen) atoms. The number of hydrogen-bond donors (Lipinski definition) is 1. The highest BCUT2D eigenvalue weighted by atomic mass is 16.5. The molecule has 0 amide bonds. The lowest BCUT2D eigenvalue weighted by Gasteiger charge is -2.14. The molecule has 0 spiro atoms. The molecule has 0 aliphatic carbocycles. The van der Waals surface area contributed by atoms with Gasteiger partial charge in [0.15, 0.2) is 0 Å². The number of rotatable bonds is 11. The Balaban J connectivity index is 2.19. The molecule has 0 aromatic heterocycles. The van der Waals surface area contributed by atoms with Crippen molar-refractivity contribution >= 4 is 0 Å². The van der Waals surface area contributed by atoms with Crippen LogP contribution in [0, 0.1) is 0 Å². The van der Waals surface area contributed by atoms with Gasteiger partial charge in [0, 0.05) is 12.6 Å². The molecule has 114 valence electrons. The van der Waals surface area contributed by atoms with Crippen LogP contribution in [-0.2, 0) is 6.54 Å². The maximum Gasteiger partial charge on any atom is 0.119 e. The highest BCUT2D eigenvalue weighted by Crippen LogP contribution is 2.13. The van der Waals surface area contributed by atoms with E-state index in [0.717, 1.165) is 18.9 Å². The Labute approximate surface area is 124 Å². The van der Waals surface area contributed by atoms with Crippen molar-refractivity contribution in [3.63, 3.8) is 0 Å². The normalized spacial score (nSPS) is 12.3. The van der Waals surface area contributed by atoms with Gasteiger partial charge < -0.3 is 10.1 Å². The minimum absolute atomic E-state index is 0.590. The van der Waals surface area contributed by atoms with E-state index < -0.39 is 0 Å². The van der Waals surface area contributed by atoms with Crippen LogP contribution in [0.15, 0.2) is 24.3 Å². The molecule has 0 aliphatic heterocycles. The van der Waals surface area contributed by atoms with Crippen molar-refractivity contribution in [2.45, 2.75) is 71.9 Å². The monoisotopic (exact) mass is 277 g/mol. The second kappa shape index (κ2) is 10.7. The van der Waals surface area contributed by atoms with Crippen LogP contribution in [-0.4, -0.2) is 12.6 Å². The molecule has 1 unspecified atom stereocenters. The second-order valence-electron chi connectivity index (χ2n) is 5.57. The van der Waals surface area contributed by atoms with Gasteiger partial charge in [-0.2, -0.15) is 0 Å². The van der Waals surface area contributed by atoms with E-state index >= 15 is 0 Å². The maximum atomic E-state index is 5.53. The zero-order chi connectivity index (χ0) is 14.6. The van der Waals surface area contributed by atoms with Crippen LogP contribution in [0.5, 0.6) is 5.75 Å². The molecular formula is C18H31NO. The summed E-state index contributed by atoms with van der Waals surface area (Å²) in [6.07, 6.45) is 8.08. The molecule has 1 aromatic rings. The van der Waals surface area contributed by atoms with E-state index in [2.05, 4.69) is 37.4 Å². The van der Waals surface area contributed by atoms with Crippen LogP contribution in [0.4, 0.5) is 0 Å². The Kier molecular flexibility index (Phi) is 9.14. The van der Waals surface area contributed by atoms with Crippen LogP contribution in [0.1, 0.15) is 64.9 Å². The Morgan fingerprint density at radius 3 is 2.65 bits per heavy atom. The van der Waals surface area contributed by atoms with Crippen molar-refractivity contribution in [2.75, 3.05) is 6.61 Å². The fourth-order valence-corrected chi connectivity index (χ4v) is 2.36. The minimum atomic E-state index is 0.590. The second-order valence-corrected chi connectivity index (χ2v) is 5.57. The molecule has 1 rings (SSSR count). The molecule has 1 N–H and O–H groups in total. The maximum absolute atomic E-state index is 5.53. The predicted octanol–water partition coefficient (Wildman–Crippen LogP) is 4.92. The van der Waals surface area contributed by atoms with Gasteiger partial charge in [0.1, 0.15) is 5.75 Å². The van der Waals surface area contributed by atoms with Crippen molar-refractivity contribution in [3.8, 4) is 5.75 Å². The number of nitrogens with one attached hydrogen (secondary N) is 1. The van der Waals surface area contributed by atoms with E-state index in [9.17, 15) is 0 Å². The first-order valence-corrected chi connectivity index (χ1v) is 8.21. The quantitative estimate of drug-likeness (QED) is 0.579. The van der Waals surface area contributed by atoms with Gasteiger partial charge in [-0.15, -0.1) is 0 Å². The molecule has 0 heterocycles. The topological polar surface area (TPSA) is 21.3 Å². The highest BCUT2D eigenvalue weighted by Gasteiger charge is 2.02. The van der Waals surface area contributed by atoms with Gasteiger partial charge in [0.2, 0.25) is 0 Å². The summed E-state index contributed by atoms with van der Waals surface area (Å²) in [5.41, 5.74) is 1.30. The molecule has 0 bridgehead atoms. The molecule has 0 saturated carbocycles. The molecule has 2 heteroatoms. The Hall–Kier alpha value is -1.02. The van der Waals surface area contributed by atoms with Crippen molar-refractivity contribution in [3.05, 3.63) is 29.8 Å². The van der Waals surface area contributed by atoms with Crippen molar-refractivity contribution < 1.29 is 4.74 Å². The lowest BCUT2D eigenvalue weighted by molar-refractivity contribution is 0.339. The standard InChI is InChI=1S/C18H31NO/c1-4-6-7-8-9-11-16(3)19-15-17-12-10-13-18(14-17)20-5-2/h10,12-14,16,19H,4-9,11,15H2,1-3H3. The first-order chi connectivity index (χ1) is 9.76. The summed E-state index contributed by atoms with van der Waals surface area (Å²) in [6, 6.07) is 8.96. The van der Waals surface area contributed by atoms with Crippen LogP contribution in [0.3, 0.4) is 0 Å². The SMILES string of the molecule is CCCCCCCC(C)NCc1cccc(OCC)c1. The predicted molar refractivity (Wildman–Crippen MR) is 87.3 cm³/mol. The lowest BCUT2D eigenvalue weighted by atomic mass is 10.1. The third kappa shape index (κ3) is 7.54. The van der Waals surface area contributed by atoms with Gasteiger partial charge in [0.05, 0.1) is 6.61 Å². The van der Waals surface area contributed by atoms with Crippen LogP contribution in [0.2, 0.25) is 0 Å². The molecule has 0 saturated heterocycles. The van der Waals surface area contributed by atoms with Gasteiger partial charge in [0.25, 0.3) is 0 Å². The molecule has 0 aliphatic rings. The summed E-state index contributed by atoms with van der Waals surface area (Å²) >= 11 is 0. The average Bonchev–Trinajstić information content (AvgIpc) is 2.46. The fraction of sp³-hybridized carbons (Fsp3) is 0.667. The first kappa shape index (κ1) is 17.0. The minimum Gasteiger partial charge on any atom is -0.494 e. The molecule has 1 atom stereocenters. The first-order valence-electron chi connectivity index (χ1n) is 8.21. The molecule has 2 nitrogen and oxygen atoms in total. The number of unbranched alkanes of at least 4 members (excludes halogenated alkanes) is 4. The van der Waals surface area contributed by atoms with E-state index in [4.69, 9.17) is 4.74 Å². The van der Waals surface area contributed by atoms with Gasteiger partial charge in [-0.05, 0) is 38.0 Å². The Morgan fingerprint density at radius 1 is 1.10 bits per heavy atom. The molecular weight excluding hydrogens is 246 g/mol. The largest absolute Gasteiger partial charge is 0.494 e. The number of benzene rings is 1. The molecule has 0 fully saturated rings.